The van der Waals surface area contributed by atoms with E-state index in [-0.39, 0.29) is 46.0 Å². The van der Waals surface area contributed by atoms with E-state index in [1.807, 2.05) is 0 Å². The molecule has 5 aliphatic carbocycles. The predicted octanol–water partition coefficient (Wildman–Crippen LogP) is 1.76. The van der Waals surface area contributed by atoms with Gasteiger partial charge < -0.3 is 64.9 Å². The number of hydrogen-bond acceptors (Lipinski definition) is 13. The van der Waals surface area contributed by atoms with Gasteiger partial charge in [0.1, 0.15) is 42.7 Å². The van der Waals surface area contributed by atoms with Crippen molar-refractivity contribution < 1.29 is 64.9 Å². The highest BCUT2D eigenvalue weighted by Gasteiger charge is 2.71. The molecule has 0 aromatic rings. The quantitative estimate of drug-likeness (QED) is 0.139. The molecule has 13 nitrogen and oxygen atoms in total. The van der Waals surface area contributed by atoms with E-state index < -0.39 is 97.2 Å². The predicted molar refractivity (Wildman–Crippen MR) is 199 cm³/mol. The second kappa shape index (κ2) is 14.2. The molecular weight excluding hydrogens is 712 g/mol. The molecule has 2 aliphatic heterocycles. The minimum atomic E-state index is -1.74. The summed E-state index contributed by atoms with van der Waals surface area (Å²) in [5.41, 5.74) is -0.599. The second-order valence-corrected chi connectivity index (χ2v) is 20.8. The van der Waals surface area contributed by atoms with Gasteiger partial charge in [-0.3, -0.25) is 0 Å². The monoisotopic (exact) mass is 782 g/mol. The fourth-order valence-corrected chi connectivity index (χ4v) is 13.7. The zero-order chi connectivity index (χ0) is 40.4. The first-order valence-electron chi connectivity index (χ1n) is 20.8. The van der Waals surface area contributed by atoms with Gasteiger partial charge in [-0.05, 0) is 97.7 Å². The third-order valence-corrected chi connectivity index (χ3v) is 17.5. The molecule has 0 aromatic carbocycles. The molecule has 0 radical (unpaired) electrons. The van der Waals surface area contributed by atoms with E-state index in [0.29, 0.717) is 19.3 Å². The Kier molecular flexibility index (Phi) is 10.9. The van der Waals surface area contributed by atoms with E-state index in [1.165, 1.54) is 5.57 Å². The lowest BCUT2D eigenvalue weighted by Crippen LogP contribution is -2.69. The lowest BCUT2D eigenvalue weighted by molar-refractivity contribution is -0.376. The van der Waals surface area contributed by atoms with E-state index in [2.05, 4.69) is 54.5 Å². The summed E-state index contributed by atoms with van der Waals surface area (Å²) in [4.78, 5) is 0. The number of allylic oxidation sites excluding steroid dienone is 2. The van der Waals surface area contributed by atoms with Crippen LogP contribution in [0.5, 0.6) is 0 Å². The molecule has 9 N–H and O–H groups in total. The molecule has 0 unspecified atom stereocenters. The van der Waals surface area contributed by atoms with Crippen LogP contribution in [-0.4, -0.2) is 139 Å². The maximum Gasteiger partial charge on any atom is 0.187 e. The highest BCUT2D eigenvalue weighted by Crippen LogP contribution is 2.76. The Balaban J connectivity index is 1.16. The molecule has 0 aromatic heterocycles. The maximum absolute atomic E-state index is 12.0. The van der Waals surface area contributed by atoms with Gasteiger partial charge in [0, 0.05) is 10.8 Å². The van der Waals surface area contributed by atoms with Crippen molar-refractivity contribution in [3.05, 3.63) is 11.6 Å². The van der Waals surface area contributed by atoms with Gasteiger partial charge in [0.15, 0.2) is 12.6 Å². The van der Waals surface area contributed by atoms with Gasteiger partial charge in [-0.2, -0.15) is 0 Å². The van der Waals surface area contributed by atoms with Gasteiger partial charge in [0.2, 0.25) is 0 Å². The van der Waals surface area contributed by atoms with Crippen molar-refractivity contribution >= 4 is 0 Å². The number of hydrogen-bond donors (Lipinski definition) is 9. The van der Waals surface area contributed by atoms with Gasteiger partial charge in [-0.25, -0.2) is 0 Å². The molecule has 0 spiro atoms. The second-order valence-electron chi connectivity index (χ2n) is 20.8. The highest BCUT2D eigenvalue weighted by molar-refractivity contribution is 5.35. The molecule has 21 atom stereocenters. The lowest BCUT2D eigenvalue weighted by Gasteiger charge is -2.72. The molecule has 6 fully saturated rings. The summed E-state index contributed by atoms with van der Waals surface area (Å²) in [7, 11) is 0. The zero-order valence-electron chi connectivity index (χ0n) is 34.0. The lowest BCUT2D eigenvalue weighted by atomic mass is 9.33. The van der Waals surface area contributed by atoms with Crippen molar-refractivity contribution in [2.75, 3.05) is 13.2 Å². The fraction of sp³-hybridized carbons (Fsp3) is 0.952. The molecule has 2 heterocycles. The van der Waals surface area contributed by atoms with Gasteiger partial charge in [0.05, 0.1) is 37.6 Å². The average Bonchev–Trinajstić information content (AvgIpc) is 3.11. The maximum atomic E-state index is 12.0. The molecule has 316 valence electrons. The molecule has 0 bridgehead atoms. The molecule has 7 rings (SSSR count). The van der Waals surface area contributed by atoms with E-state index >= 15 is 0 Å². The van der Waals surface area contributed by atoms with Crippen molar-refractivity contribution in [1.29, 1.82) is 0 Å². The van der Waals surface area contributed by atoms with Crippen LogP contribution in [0.4, 0.5) is 0 Å². The van der Waals surface area contributed by atoms with E-state index in [4.69, 9.17) is 18.9 Å². The number of aliphatic hydroxyl groups excluding tert-OH is 9. The van der Waals surface area contributed by atoms with E-state index in [1.54, 1.807) is 6.92 Å². The topological polar surface area (TPSA) is 219 Å². The summed E-state index contributed by atoms with van der Waals surface area (Å²) in [5.74, 6) is 0.374. The average molecular weight is 783 g/mol. The Bertz CT molecular complexity index is 1460. The number of ether oxygens (including phenoxy) is 4. The van der Waals surface area contributed by atoms with Gasteiger partial charge in [-0.15, -0.1) is 0 Å². The van der Waals surface area contributed by atoms with Crippen LogP contribution in [-0.2, 0) is 18.9 Å². The summed E-state index contributed by atoms with van der Waals surface area (Å²) in [6, 6.07) is 0. The summed E-state index contributed by atoms with van der Waals surface area (Å²) in [6.45, 7) is 16.5. The fourth-order valence-electron chi connectivity index (χ4n) is 13.7. The standard InChI is InChI=1S/C42H70O13/c1-20-29(47)32(50)34(55-35-33(51)31(49)30(48)23(18-43)53-35)36(52-20)54-28-12-13-38(4)24(39(28,5)19-44)11-14-40(6)25(38)10-9-21-22-15-37(2,3)16-26(45)42(22,8)27(46)17-41(21,40)7/h9,20,22-36,43-51H,10-19H2,1-8H3/t20-,22-,23-,24+,25+,26+,27-,28-,29-,30-,31+,32+,33-,34+,35+,36-,38-,39+,40+,41+,42+/m0/s1. The number of fused-ring (bicyclic) bond motifs is 7. The minimum Gasteiger partial charge on any atom is -0.396 e. The molecule has 0 amide bonds. The molecule has 2 saturated heterocycles. The Morgan fingerprint density at radius 2 is 1.38 bits per heavy atom. The van der Waals surface area contributed by atoms with Crippen molar-refractivity contribution in [3.63, 3.8) is 0 Å². The van der Waals surface area contributed by atoms with Crippen molar-refractivity contribution in [2.24, 2.45) is 50.2 Å². The minimum absolute atomic E-state index is 0.0379. The van der Waals surface area contributed by atoms with Crippen LogP contribution < -0.4 is 0 Å². The van der Waals surface area contributed by atoms with Crippen LogP contribution in [0.2, 0.25) is 0 Å². The zero-order valence-corrected chi connectivity index (χ0v) is 34.0. The molecule has 4 saturated carbocycles. The molecule has 7 aliphatic rings. The Labute approximate surface area is 326 Å². The largest absolute Gasteiger partial charge is 0.396 e. The number of aliphatic hydroxyl groups is 9. The Morgan fingerprint density at radius 1 is 0.709 bits per heavy atom. The van der Waals surface area contributed by atoms with Crippen LogP contribution in [0.25, 0.3) is 0 Å². The molecule has 55 heavy (non-hydrogen) atoms. The smallest absolute Gasteiger partial charge is 0.187 e. The van der Waals surface area contributed by atoms with Crippen molar-refractivity contribution in [1.82, 2.24) is 0 Å². The molecular formula is C42H70O13. The van der Waals surface area contributed by atoms with Crippen molar-refractivity contribution in [3.8, 4) is 0 Å². The van der Waals surface area contributed by atoms with Crippen LogP contribution in [0.1, 0.15) is 107 Å². The van der Waals surface area contributed by atoms with Crippen LogP contribution in [0.15, 0.2) is 11.6 Å². The summed E-state index contributed by atoms with van der Waals surface area (Å²) in [6.07, 6.45) is -7.47. The first kappa shape index (κ1) is 42.3. The summed E-state index contributed by atoms with van der Waals surface area (Å²) in [5, 5.41) is 98.2. The normalized spacial score (nSPS) is 57.7. The van der Waals surface area contributed by atoms with Gasteiger partial charge in [0.25, 0.3) is 0 Å². The highest BCUT2D eigenvalue weighted by atomic mass is 16.8. The van der Waals surface area contributed by atoms with Crippen LogP contribution >= 0.6 is 0 Å². The SMILES string of the molecule is C[C@@H]1O[C@@H](O[C@H]2CC[C@@]3(C)[C@@H](CC[C@]4(C)[C@@H]3CC=C3[C@@H]5CC(C)(C)C[C@@H](O)[C@]5(C)[C@@H](O)C[C@]34C)[C@@]2(C)CO)[C@H](O[C@H]2O[C@@H](CO)[C@H](O)[C@@H](O)[C@@H]2O)[C@H](O)[C@H]1O. The number of rotatable bonds is 6. The van der Waals surface area contributed by atoms with Gasteiger partial charge in [-0.1, -0.05) is 60.1 Å². The Hall–Kier alpha value is -0.780. The van der Waals surface area contributed by atoms with Crippen LogP contribution in [0, 0.1) is 50.2 Å². The first-order valence-corrected chi connectivity index (χ1v) is 20.8. The van der Waals surface area contributed by atoms with Gasteiger partial charge >= 0.3 is 0 Å². The molecule has 13 heteroatoms. The van der Waals surface area contributed by atoms with E-state index in [9.17, 15) is 46.0 Å². The van der Waals surface area contributed by atoms with E-state index in [0.717, 1.165) is 32.1 Å². The Morgan fingerprint density at radius 3 is 2.04 bits per heavy atom. The third-order valence-electron chi connectivity index (χ3n) is 17.5. The summed E-state index contributed by atoms with van der Waals surface area (Å²) >= 11 is 0. The summed E-state index contributed by atoms with van der Waals surface area (Å²) < 4.78 is 24.5. The first-order chi connectivity index (χ1) is 25.5. The van der Waals surface area contributed by atoms with Crippen molar-refractivity contribution in [2.45, 2.75) is 186 Å². The third kappa shape index (κ3) is 6.11. The van der Waals surface area contributed by atoms with Crippen LogP contribution in [0.3, 0.4) is 0 Å².